The van der Waals surface area contributed by atoms with Crippen LogP contribution in [-0.2, 0) is 0 Å². The number of carbonyl (C=O) groups excluding carboxylic acids is 2. The maximum atomic E-state index is 13.2. The third-order valence-corrected chi connectivity index (χ3v) is 6.34. The Labute approximate surface area is 172 Å². The highest BCUT2D eigenvalue weighted by molar-refractivity contribution is 6.15. The van der Waals surface area contributed by atoms with E-state index in [4.69, 9.17) is 0 Å². The van der Waals surface area contributed by atoms with Gasteiger partial charge in [-0.25, -0.2) is 0 Å². The van der Waals surface area contributed by atoms with Crippen molar-refractivity contribution in [3.8, 4) is 0 Å². The van der Waals surface area contributed by atoms with Crippen LogP contribution in [0.4, 0.5) is 0 Å². The van der Waals surface area contributed by atoms with E-state index in [1.54, 1.807) is 34.1 Å². The number of amides is 1. The van der Waals surface area contributed by atoms with E-state index in [9.17, 15) is 9.59 Å². The molecule has 4 rings (SSSR count). The van der Waals surface area contributed by atoms with Gasteiger partial charge in [0.15, 0.2) is 5.78 Å². The van der Waals surface area contributed by atoms with Crippen LogP contribution in [0.5, 0.6) is 0 Å². The van der Waals surface area contributed by atoms with Crippen molar-refractivity contribution in [1.82, 2.24) is 4.90 Å². The quantitative estimate of drug-likeness (QED) is 0.676. The van der Waals surface area contributed by atoms with Crippen molar-refractivity contribution in [1.29, 1.82) is 0 Å². The summed E-state index contributed by atoms with van der Waals surface area (Å²) in [7, 11) is 0. The monoisotopic (exact) mass is 393 g/mol. The first-order chi connectivity index (χ1) is 14.2. The van der Waals surface area contributed by atoms with Gasteiger partial charge in [-0.3, -0.25) is 9.59 Å². The van der Waals surface area contributed by atoms with Crippen molar-refractivity contribution in [2.45, 2.75) is 12.8 Å². The summed E-state index contributed by atoms with van der Waals surface area (Å²) in [4.78, 5) is 31.4. The summed E-state index contributed by atoms with van der Waals surface area (Å²) >= 11 is 0. The van der Waals surface area contributed by atoms with Crippen LogP contribution >= 0.6 is 0 Å². The standard InChI is InChI=1S/C24H29N3O2/c28-23(20-8-2-1-3-9-20)21-10-4-5-11-22(21)24(29)27-18-16-26(17-19-27)15-14-25-12-6-7-13-25/h1-5,8-11H,6-7,12-19H2/p+2. The maximum Gasteiger partial charge on any atom is 0.255 e. The fraction of sp³-hybridized carbons (Fsp3) is 0.417. The lowest BCUT2D eigenvalue weighted by Crippen LogP contribution is -3.21. The highest BCUT2D eigenvalue weighted by Gasteiger charge is 2.28. The molecule has 0 atom stereocenters. The molecule has 0 aromatic heterocycles. The Morgan fingerprint density at radius 2 is 1.28 bits per heavy atom. The lowest BCUT2D eigenvalue weighted by molar-refractivity contribution is -0.954. The molecule has 5 heteroatoms. The van der Waals surface area contributed by atoms with Crippen LogP contribution in [-0.4, -0.2) is 68.9 Å². The van der Waals surface area contributed by atoms with Crippen molar-refractivity contribution in [2.75, 3.05) is 52.4 Å². The van der Waals surface area contributed by atoms with E-state index < -0.39 is 0 Å². The molecule has 0 aliphatic carbocycles. The zero-order valence-corrected chi connectivity index (χ0v) is 17.0. The molecule has 2 aliphatic heterocycles. The van der Waals surface area contributed by atoms with E-state index in [-0.39, 0.29) is 11.7 Å². The van der Waals surface area contributed by atoms with Gasteiger partial charge in [0.1, 0.15) is 13.1 Å². The van der Waals surface area contributed by atoms with Gasteiger partial charge in [-0.1, -0.05) is 48.5 Å². The molecule has 29 heavy (non-hydrogen) atoms. The second kappa shape index (κ2) is 9.33. The summed E-state index contributed by atoms with van der Waals surface area (Å²) < 4.78 is 0. The fourth-order valence-corrected chi connectivity index (χ4v) is 4.54. The van der Waals surface area contributed by atoms with Crippen molar-refractivity contribution in [2.24, 2.45) is 0 Å². The van der Waals surface area contributed by atoms with Gasteiger partial charge in [0, 0.05) is 24.0 Å². The minimum atomic E-state index is -0.0904. The van der Waals surface area contributed by atoms with Gasteiger partial charge in [0.05, 0.1) is 44.8 Å². The molecule has 0 bridgehead atoms. The Kier molecular flexibility index (Phi) is 6.37. The summed E-state index contributed by atoms with van der Waals surface area (Å²) in [5.74, 6) is -0.110. The minimum Gasteiger partial charge on any atom is -0.330 e. The summed E-state index contributed by atoms with van der Waals surface area (Å²) in [5, 5.41) is 0. The van der Waals surface area contributed by atoms with E-state index in [2.05, 4.69) is 0 Å². The van der Waals surface area contributed by atoms with Gasteiger partial charge < -0.3 is 14.7 Å². The van der Waals surface area contributed by atoms with Crippen molar-refractivity contribution >= 4 is 11.7 Å². The number of hydrogen-bond acceptors (Lipinski definition) is 2. The summed E-state index contributed by atoms with van der Waals surface area (Å²) in [6.07, 6.45) is 2.74. The maximum absolute atomic E-state index is 13.2. The average molecular weight is 394 g/mol. The van der Waals surface area contributed by atoms with Gasteiger partial charge in [-0.2, -0.15) is 0 Å². The van der Waals surface area contributed by atoms with Crippen LogP contribution in [0.3, 0.4) is 0 Å². The predicted octanol–water partition coefficient (Wildman–Crippen LogP) is -0.0630. The second-order valence-corrected chi connectivity index (χ2v) is 8.24. The number of carbonyl (C=O) groups is 2. The zero-order valence-electron chi connectivity index (χ0n) is 17.0. The van der Waals surface area contributed by atoms with Gasteiger partial charge in [-0.15, -0.1) is 0 Å². The highest BCUT2D eigenvalue weighted by atomic mass is 16.2. The third-order valence-electron chi connectivity index (χ3n) is 6.34. The number of nitrogens with zero attached hydrogens (tertiary/aromatic N) is 1. The number of benzene rings is 2. The van der Waals surface area contributed by atoms with Crippen molar-refractivity contribution in [3.05, 3.63) is 71.3 Å². The molecule has 5 nitrogen and oxygen atoms in total. The molecule has 2 saturated heterocycles. The molecule has 0 radical (unpaired) electrons. The molecular formula is C24H31N3O2+2. The topological polar surface area (TPSA) is 46.3 Å². The van der Waals surface area contributed by atoms with Crippen molar-refractivity contribution < 1.29 is 19.4 Å². The van der Waals surface area contributed by atoms with Crippen LogP contribution in [0.25, 0.3) is 0 Å². The first kappa shape index (κ1) is 19.8. The highest BCUT2D eigenvalue weighted by Crippen LogP contribution is 2.17. The number of nitrogens with one attached hydrogen (secondary N) is 2. The minimum absolute atomic E-state index is 0.0194. The first-order valence-electron chi connectivity index (χ1n) is 10.9. The Balaban J connectivity index is 1.38. The van der Waals surface area contributed by atoms with Crippen LogP contribution in [0.2, 0.25) is 0 Å². The summed E-state index contributed by atoms with van der Waals surface area (Å²) in [6, 6.07) is 16.4. The van der Waals surface area contributed by atoms with E-state index in [1.165, 1.54) is 39.0 Å². The average Bonchev–Trinajstić information content (AvgIpc) is 3.31. The molecular weight excluding hydrogens is 362 g/mol. The number of rotatable bonds is 6. The van der Waals surface area contributed by atoms with Gasteiger partial charge >= 0.3 is 0 Å². The molecule has 2 fully saturated rings. The Bertz CT molecular complexity index is 838. The molecule has 0 unspecified atom stereocenters. The molecule has 2 heterocycles. The van der Waals surface area contributed by atoms with Crippen molar-refractivity contribution in [3.63, 3.8) is 0 Å². The van der Waals surface area contributed by atoms with Gasteiger partial charge in [0.25, 0.3) is 5.91 Å². The number of hydrogen-bond donors (Lipinski definition) is 2. The molecule has 2 N–H and O–H groups in total. The van der Waals surface area contributed by atoms with E-state index in [0.29, 0.717) is 16.7 Å². The zero-order chi connectivity index (χ0) is 20.1. The number of ketones is 1. The van der Waals surface area contributed by atoms with Gasteiger partial charge in [-0.05, 0) is 6.07 Å². The predicted molar refractivity (Wildman–Crippen MR) is 113 cm³/mol. The third kappa shape index (κ3) is 4.74. The van der Waals surface area contributed by atoms with Crippen LogP contribution in [0.1, 0.15) is 39.1 Å². The first-order valence-corrected chi connectivity index (χ1v) is 10.9. The number of likely N-dealkylation sites (tertiary alicyclic amines) is 1. The lowest BCUT2D eigenvalue weighted by atomic mass is 9.97. The van der Waals surface area contributed by atoms with E-state index in [1.807, 2.05) is 35.2 Å². The summed E-state index contributed by atoms with van der Waals surface area (Å²) in [6.45, 7) is 8.60. The number of quaternary nitrogens is 2. The van der Waals surface area contributed by atoms with E-state index >= 15 is 0 Å². The number of piperazine rings is 1. The largest absolute Gasteiger partial charge is 0.330 e. The van der Waals surface area contributed by atoms with Crippen LogP contribution < -0.4 is 9.80 Å². The SMILES string of the molecule is O=C(c1ccccc1)c1ccccc1C(=O)N1CC[NH+](CC[NH+]2CCCC2)CC1. The molecule has 2 aromatic carbocycles. The lowest BCUT2D eigenvalue weighted by Gasteiger charge is -2.32. The summed E-state index contributed by atoms with van der Waals surface area (Å²) in [5.41, 5.74) is 1.63. The molecule has 2 aliphatic rings. The molecule has 0 saturated carbocycles. The van der Waals surface area contributed by atoms with Crippen LogP contribution in [0, 0.1) is 0 Å². The Morgan fingerprint density at radius 1 is 0.724 bits per heavy atom. The Hall–Kier alpha value is -2.50. The molecule has 152 valence electrons. The molecule has 1 amide bonds. The molecule has 2 aromatic rings. The van der Waals surface area contributed by atoms with E-state index in [0.717, 1.165) is 26.2 Å². The fourth-order valence-electron chi connectivity index (χ4n) is 4.54. The smallest absolute Gasteiger partial charge is 0.255 e. The normalized spacial score (nSPS) is 18.1. The second-order valence-electron chi connectivity index (χ2n) is 8.24. The van der Waals surface area contributed by atoms with Crippen LogP contribution in [0.15, 0.2) is 54.6 Å². The van der Waals surface area contributed by atoms with Gasteiger partial charge in [0.2, 0.25) is 0 Å². The molecule has 0 spiro atoms. The Morgan fingerprint density at radius 3 is 1.93 bits per heavy atom.